The summed E-state index contributed by atoms with van der Waals surface area (Å²) < 4.78 is 0. The first-order chi connectivity index (χ1) is 19.6. The van der Waals surface area contributed by atoms with Crippen LogP contribution in [0.15, 0.2) is 42.5 Å². The molecule has 2 N–H and O–H groups in total. The highest BCUT2D eigenvalue weighted by atomic mass is 16.2. The van der Waals surface area contributed by atoms with Gasteiger partial charge in [-0.05, 0) is 112 Å². The molecule has 1 heterocycles. The number of aryl methyl sites for hydroxylation is 1. The van der Waals surface area contributed by atoms with Crippen molar-refractivity contribution in [2.45, 2.75) is 98.1 Å². The Morgan fingerprint density at radius 2 is 1.66 bits per heavy atom. The third-order valence-electron chi connectivity index (χ3n) is 8.92. The van der Waals surface area contributed by atoms with Gasteiger partial charge in [-0.2, -0.15) is 0 Å². The predicted molar refractivity (Wildman–Crippen MR) is 169 cm³/mol. The highest BCUT2D eigenvalue weighted by Gasteiger charge is 2.29. The van der Waals surface area contributed by atoms with Crippen molar-refractivity contribution in [3.05, 3.63) is 64.7 Å². The Balaban J connectivity index is 1.32. The summed E-state index contributed by atoms with van der Waals surface area (Å²) in [6.07, 6.45) is 6.47. The van der Waals surface area contributed by atoms with Gasteiger partial charge in [0.2, 0.25) is 5.91 Å². The summed E-state index contributed by atoms with van der Waals surface area (Å²) in [5.74, 6) is 1.09. The SMILES string of the molecule is CCN(CC1CCN(C(=O)NC(C)C)CC1)C1CCc2ccc(NC(=O)C(C)c3ccc(CC(C)C)cc3)cc2C1. The zero-order valence-corrected chi connectivity index (χ0v) is 26.2. The van der Waals surface area contributed by atoms with Gasteiger partial charge in [-0.1, -0.05) is 51.1 Å². The van der Waals surface area contributed by atoms with Gasteiger partial charge in [0.05, 0.1) is 5.92 Å². The van der Waals surface area contributed by atoms with E-state index in [-0.39, 0.29) is 23.9 Å². The first kappa shape index (κ1) is 31.1. The van der Waals surface area contributed by atoms with Crippen LogP contribution in [0.4, 0.5) is 10.5 Å². The molecule has 1 saturated heterocycles. The number of hydrogen-bond donors (Lipinski definition) is 2. The van der Waals surface area contributed by atoms with E-state index in [1.54, 1.807) is 0 Å². The number of carbonyl (C=O) groups is 2. The molecule has 0 bridgehead atoms. The highest BCUT2D eigenvalue weighted by Crippen LogP contribution is 2.29. The largest absolute Gasteiger partial charge is 0.336 e. The number of nitrogens with one attached hydrogen (secondary N) is 2. The van der Waals surface area contributed by atoms with E-state index < -0.39 is 0 Å². The van der Waals surface area contributed by atoms with Crippen LogP contribution in [-0.2, 0) is 24.1 Å². The monoisotopic (exact) mass is 560 g/mol. The first-order valence-electron chi connectivity index (χ1n) is 15.9. The lowest BCUT2D eigenvalue weighted by molar-refractivity contribution is -0.117. The van der Waals surface area contributed by atoms with Crippen LogP contribution in [0.3, 0.4) is 0 Å². The number of urea groups is 1. The zero-order valence-electron chi connectivity index (χ0n) is 26.2. The molecule has 1 aliphatic carbocycles. The molecule has 224 valence electrons. The summed E-state index contributed by atoms with van der Waals surface area (Å²) in [7, 11) is 0. The number of fused-ring (bicyclic) bond motifs is 1. The van der Waals surface area contributed by atoms with E-state index in [1.807, 2.05) is 25.7 Å². The second-order valence-electron chi connectivity index (χ2n) is 13.1. The molecular formula is C35H52N4O2. The summed E-state index contributed by atoms with van der Waals surface area (Å²) in [4.78, 5) is 30.2. The van der Waals surface area contributed by atoms with Crippen molar-refractivity contribution in [3.63, 3.8) is 0 Å². The molecule has 4 rings (SSSR count). The second kappa shape index (κ2) is 14.4. The molecule has 2 aromatic rings. The third kappa shape index (κ3) is 8.57. The Morgan fingerprint density at radius 1 is 0.951 bits per heavy atom. The molecule has 1 fully saturated rings. The lowest BCUT2D eigenvalue weighted by Crippen LogP contribution is -2.48. The summed E-state index contributed by atoms with van der Waals surface area (Å²) in [5, 5.41) is 6.22. The molecule has 6 nitrogen and oxygen atoms in total. The number of rotatable bonds is 10. The summed E-state index contributed by atoms with van der Waals surface area (Å²) in [5.41, 5.74) is 6.05. The summed E-state index contributed by atoms with van der Waals surface area (Å²) >= 11 is 0. The number of anilines is 1. The minimum absolute atomic E-state index is 0.0394. The second-order valence-corrected chi connectivity index (χ2v) is 13.1. The number of hydrogen-bond acceptors (Lipinski definition) is 3. The average Bonchev–Trinajstić information content (AvgIpc) is 2.95. The topological polar surface area (TPSA) is 64.7 Å². The van der Waals surface area contributed by atoms with Gasteiger partial charge >= 0.3 is 6.03 Å². The van der Waals surface area contributed by atoms with Crippen LogP contribution in [0.25, 0.3) is 0 Å². The van der Waals surface area contributed by atoms with Crippen LogP contribution in [0.5, 0.6) is 0 Å². The van der Waals surface area contributed by atoms with Gasteiger partial charge in [0.15, 0.2) is 0 Å². The van der Waals surface area contributed by atoms with Crippen LogP contribution in [-0.4, -0.2) is 60.0 Å². The number of amides is 3. The normalized spacial score (nSPS) is 18.5. The van der Waals surface area contributed by atoms with Crippen molar-refractivity contribution < 1.29 is 9.59 Å². The van der Waals surface area contributed by atoms with Gasteiger partial charge in [0.25, 0.3) is 0 Å². The fourth-order valence-corrected chi connectivity index (χ4v) is 6.47. The number of piperidine rings is 1. The number of nitrogens with zero attached hydrogens (tertiary/aromatic N) is 2. The van der Waals surface area contributed by atoms with Crippen LogP contribution in [0, 0.1) is 11.8 Å². The van der Waals surface area contributed by atoms with Crippen molar-refractivity contribution in [1.29, 1.82) is 0 Å². The fraction of sp³-hybridized carbons (Fsp3) is 0.600. The van der Waals surface area contributed by atoms with E-state index in [1.165, 1.54) is 23.1 Å². The molecular weight excluding hydrogens is 508 g/mol. The van der Waals surface area contributed by atoms with Crippen molar-refractivity contribution in [3.8, 4) is 0 Å². The third-order valence-corrected chi connectivity index (χ3v) is 8.92. The fourth-order valence-electron chi connectivity index (χ4n) is 6.47. The molecule has 0 spiro atoms. The number of carbonyl (C=O) groups excluding carboxylic acids is 2. The lowest BCUT2D eigenvalue weighted by Gasteiger charge is -2.39. The Hall–Kier alpha value is -2.86. The van der Waals surface area contributed by atoms with Crippen molar-refractivity contribution in [2.24, 2.45) is 11.8 Å². The summed E-state index contributed by atoms with van der Waals surface area (Å²) in [6, 6.07) is 15.8. The quantitative estimate of drug-likeness (QED) is 0.343. The zero-order chi connectivity index (χ0) is 29.5. The Bertz CT molecular complexity index is 1150. The Labute approximate surface area is 248 Å². The number of likely N-dealkylation sites (N-methyl/N-ethyl adjacent to an activating group) is 1. The molecule has 2 aromatic carbocycles. The van der Waals surface area contributed by atoms with Crippen LogP contribution in [0.2, 0.25) is 0 Å². The number of likely N-dealkylation sites (tertiary alicyclic amines) is 1. The molecule has 2 aliphatic rings. The average molecular weight is 561 g/mol. The molecule has 3 amide bonds. The minimum Gasteiger partial charge on any atom is -0.336 e. The van der Waals surface area contributed by atoms with Crippen LogP contribution < -0.4 is 10.6 Å². The first-order valence-corrected chi connectivity index (χ1v) is 15.9. The maximum atomic E-state index is 13.2. The van der Waals surface area contributed by atoms with E-state index in [2.05, 4.69) is 78.8 Å². The van der Waals surface area contributed by atoms with Gasteiger partial charge in [0, 0.05) is 37.4 Å². The minimum atomic E-state index is -0.203. The van der Waals surface area contributed by atoms with Crippen molar-refractivity contribution >= 4 is 17.6 Å². The molecule has 2 unspecified atom stereocenters. The number of benzene rings is 2. The van der Waals surface area contributed by atoms with E-state index in [9.17, 15) is 9.59 Å². The van der Waals surface area contributed by atoms with Gasteiger partial charge in [-0.3, -0.25) is 4.79 Å². The molecule has 6 heteroatoms. The predicted octanol–water partition coefficient (Wildman–Crippen LogP) is 6.64. The molecule has 41 heavy (non-hydrogen) atoms. The smallest absolute Gasteiger partial charge is 0.317 e. The lowest BCUT2D eigenvalue weighted by atomic mass is 9.86. The highest BCUT2D eigenvalue weighted by molar-refractivity contribution is 5.95. The Morgan fingerprint density at radius 3 is 2.29 bits per heavy atom. The molecule has 0 radical (unpaired) electrons. The molecule has 0 saturated carbocycles. The van der Waals surface area contributed by atoms with E-state index in [0.29, 0.717) is 17.9 Å². The molecule has 1 aliphatic heterocycles. The van der Waals surface area contributed by atoms with E-state index in [0.717, 1.165) is 69.5 Å². The van der Waals surface area contributed by atoms with Crippen molar-refractivity contribution in [2.75, 3.05) is 31.5 Å². The van der Waals surface area contributed by atoms with Crippen molar-refractivity contribution in [1.82, 2.24) is 15.1 Å². The van der Waals surface area contributed by atoms with Crippen LogP contribution in [0.1, 0.15) is 89.0 Å². The van der Waals surface area contributed by atoms with Gasteiger partial charge in [0.1, 0.15) is 0 Å². The Kier molecular flexibility index (Phi) is 10.9. The maximum Gasteiger partial charge on any atom is 0.317 e. The van der Waals surface area contributed by atoms with Crippen LogP contribution >= 0.6 is 0 Å². The summed E-state index contributed by atoms with van der Waals surface area (Å²) in [6.45, 7) is 16.6. The van der Waals surface area contributed by atoms with Gasteiger partial charge in [-0.15, -0.1) is 0 Å². The molecule has 0 aromatic heterocycles. The molecule has 2 atom stereocenters. The maximum absolute atomic E-state index is 13.2. The van der Waals surface area contributed by atoms with Gasteiger partial charge < -0.3 is 20.4 Å². The van der Waals surface area contributed by atoms with E-state index >= 15 is 0 Å². The van der Waals surface area contributed by atoms with Gasteiger partial charge in [-0.25, -0.2) is 4.79 Å². The standard InChI is InChI=1S/C35H52N4O2/c1-7-38(23-28-16-18-39(19-17-28)35(41)36-25(4)5)33-15-13-30-12-14-32(21-31(30)22-33)37-34(40)26(6)29-10-8-27(9-11-29)20-24(2)3/h8-12,14,21,24-26,28,33H,7,13,15-20,22-23H2,1-6H3,(H,36,41)(H,37,40). The van der Waals surface area contributed by atoms with E-state index in [4.69, 9.17) is 0 Å².